The van der Waals surface area contributed by atoms with E-state index < -0.39 is 5.97 Å². The monoisotopic (exact) mass is 254 g/mol. The molecule has 0 saturated carbocycles. The summed E-state index contributed by atoms with van der Waals surface area (Å²) >= 11 is 0. The van der Waals surface area contributed by atoms with Gasteiger partial charge in [-0.1, -0.05) is 26.7 Å². The minimum Gasteiger partial charge on any atom is -0.465 e. The van der Waals surface area contributed by atoms with Gasteiger partial charge in [0.25, 0.3) is 5.95 Å². The highest BCUT2D eigenvalue weighted by Crippen LogP contribution is 2.20. The molecule has 0 N–H and O–H groups in total. The minimum absolute atomic E-state index is 0.176. The quantitative estimate of drug-likeness (QED) is 0.664. The number of ether oxygens (including phenoxy) is 2. The van der Waals surface area contributed by atoms with Crippen LogP contribution in [0.15, 0.2) is 16.5 Å². The molecule has 0 amide bonds. The lowest BCUT2D eigenvalue weighted by atomic mass is 9.99. The third-order valence-electron chi connectivity index (χ3n) is 2.82. The van der Waals surface area contributed by atoms with E-state index in [0.29, 0.717) is 18.5 Å². The first-order valence-electron chi connectivity index (χ1n) is 6.52. The summed E-state index contributed by atoms with van der Waals surface area (Å²) in [7, 11) is 1.32. The molecule has 1 aromatic heterocycles. The average molecular weight is 254 g/mol. The molecule has 4 nitrogen and oxygen atoms in total. The van der Waals surface area contributed by atoms with Crippen LogP contribution >= 0.6 is 0 Å². The molecule has 0 atom stereocenters. The maximum absolute atomic E-state index is 11.2. The van der Waals surface area contributed by atoms with Crippen LogP contribution in [0.2, 0.25) is 0 Å². The molecule has 0 radical (unpaired) electrons. The molecule has 0 saturated heterocycles. The van der Waals surface area contributed by atoms with Gasteiger partial charge >= 0.3 is 5.97 Å². The van der Waals surface area contributed by atoms with Gasteiger partial charge in [-0.15, -0.1) is 0 Å². The van der Waals surface area contributed by atoms with Gasteiger partial charge in [0.1, 0.15) is 0 Å². The molecule has 1 rings (SSSR count). The second kappa shape index (κ2) is 7.80. The van der Waals surface area contributed by atoms with E-state index >= 15 is 0 Å². The number of methoxy groups -OCH3 is 1. The molecule has 0 aliphatic rings. The number of esters is 1. The van der Waals surface area contributed by atoms with Crippen LogP contribution in [-0.4, -0.2) is 19.7 Å². The highest BCUT2D eigenvalue weighted by atomic mass is 16.6. The van der Waals surface area contributed by atoms with Gasteiger partial charge in [0.15, 0.2) is 0 Å². The molecule has 1 heterocycles. The van der Waals surface area contributed by atoms with Gasteiger partial charge in [-0.05, 0) is 24.8 Å². The molecule has 4 heteroatoms. The molecule has 0 aliphatic heterocycles. The van der Waals surface area contributed by atoms with E-state index in [0.717, 1.165) is 25.7 Å². The Morgan fingerprint density at radius 1 is 1.28 bits per heavy atom. The largest absolute Gasteiger partial charge is 0.465 e. The second-order valence-electron chi connectivity index (χ2n) is 4.36. The Bertz CT molecular complexity index is 350. The first-order chi connectivity index (χ1) is 8.71. The number of carbonyl (C=O) groups excluding carboxylic acids is 1. The molecular formula is C14H22O4. The third kappa shape index (κ3) is 4.43. The Balaban J connectivity index is 2.46. The molecule has 0 fully saturated rings. The summed E-state index contributed by atoms with van der Waals surface area (Å²) in [5.41, 5.74) is 0. The topological polar surface area (TPSA) is 48.7 Å². The van der Waals surface area contributed by atoms with Crippen LogP contribution in [-0.2, 0) is 4.74 Å². The van der Waals surface area contributed by atoms with Crippen LogP contribution in [0.25, 0.3) is 0 Å². The smallest absolute Gasteiger partial charge is 0.374 e. The second-order valence-corrected chi connectivity index (χ2v) is 4.36. The molecule has 0 aliphatic carbocycles. The number of hydrogen-bond acceptors (Lipinski definition) is 4. The summed E-state index contributed by atoms with van der Waals surface area (Å²) in [6.45, 7) is 4.98. The van der Waals surface area contributed by atoms with Crippen molar-refractivity contribution in [1.29, 1.82) is 0 Å². The molecular weight excluding hydrogens is 232 g/mol. The number of furan rings is 1. The van der Waals surface area contributed by atoms with Crippen molar-refractivity contribution < 1.29 is 18.7 Å². The van der Waals surface area contributed by atoms with Crippen molar-refractivity contribution >= 4 is 5.97 Å². The van der Waals surface area contributed by atoms with Crippen LogP contribution in [0.3, 0.4) is 0 Å². The lowest BCUT2D eigenvalue weighted by Crippen LogP contribution is -2.11. The van der Waals surface area contributed by atoms with E-state index in [1.807, 2.05) is 0 Å². The van der Waals surface area contributed by atoms with Crippen LogP contribution in [0.1, 0.15) is 50.1 Å². The molecule has 102 valence electrons. The zero-order chi connectivity index (χ0) is 13.4. The molecule has 18 heavy (non-hydrogen) atoms. The minimum atomic E-state index is -0.483. The lowest BCUT2D eigenvalue weighted by molar-refractivity contribution is 0.0554. The van der Waals surface area contributed by atoms with Crippen molar-refractivity contribution in [3.05, 3.63) is 17.9 Å². The maximum Gasteiger partial charge on any atom is 0.374 e. The highest BCUT2D eigenvalue weighted by Gasteiger charge is 2.13. The van der Waals surface area contributed by atoms with E-state index in [2.05, 4.69) is 18.6 Å². The van der Waals surface area contributed by atoms with Crippen LogP contribution in [0.5, 0.6) is 5.95 Å². The lowest BCUT2D eigenvalue weighted by Gasteiger charge is -2.14. The van der Waals surface area contributed by atoms with Crippen LogP contribution in [0, 0.1) is 5.92 Å². The fourth-order valence-corrected chi connectivity index (χ4v) is 1.94. The van der Waals surface area contributed by atoms with Gasteiger partial charge in [0.2, 0.25) is 5.76 Å². The normalized spacial score (nSPS) is 10.7. The fraction of sp³-hybridized carbons (Fsp3) is 0.643. The highest BCUT2D eigenvalue weighted by molar-refractivity contribution is 5.86. The van der Waals surface area contributed by atoms with E-state index in [1.165, 1.54) is 7.11 Å². The molecule has 0 spiro atoms. The summed E-state index contributed by atoms with van der Waals surface area (Å²) in [6, 6.07) is 3.22. The summed E-state index contributed by atoms with van der Waals surface area (Å²) in [5.74, 6) is 0.623. The van der Waals surface area contributed by atoms with Crippen molar-refractivity contribution in [2.45, 2.75) is 39.5 Å². The fourth-order valence-electron chi connectivity index (χ4n) is 1.94. The molecule has 0 unspecified atom stereocenters. The Kier molecular flexibility index (Phi) is 6.33. The third-order valence-corrected chi connectivity index (χ3v) is 2.82. The zero-order valence-corrected chi connectivity index (χ0v) is 11.4. The van der Waals surface area contributed by atoms with Crippen LogP contribution in [0.4, 0.5) is 0 Å². The standard InChI is InChI=1S/C14H22O4/c1-4-6-11(7-5-2)10-17-13-9-8-12(18-13)14(15)16-3/h8-9,11H,4-7,10H2,1-3H3. The number of hydrogen-bond donors (Lipinski definition) is 0. The molecule has 1 aromatic rings. The molecule has 0 aromatic carbocycles. The summed E-state index contributed by atoms with van der Waals surface area (Å²) in [4.78, 5) is 11.2. The number of carbonyl (C=O) groups is 1. The first-order valence-corrected chi connectivity index (χ1v) is 6.52. The van der Waals surface area contributed by atoms with Crippen LogP contribution < -0.4 is 4.74 Å². The van der Waals surface area contributed by atoms with E-state index in [9.17, 15) is 4.79 Å². The van der Waals surface area contributed by atoms with Gasteiger partial charge in [-0.3, -0.25) is 0 Å². The average Bonchev–Trinajstić information content (AvgIpc) is 2.84. The van der Waals surface area contributed by atoms with Crippen molar-refractivity contribution in [2.24, 2.45) is 5.92 Å². The molecule has 0 bridgehead atoms. The maximum atomic E-state index is 11.2. The van der Waals surface area contributed by atoms with Crippen molar-refractivity contribution in [2.75, 3.05) is 13.7 Å². The summed E-state index contributed by atoms with van der Waals surface area (Å²) in [5, 5.41) is 0. The number of rotatable bonds is 8. The van der Waals surface area contributed by atoms with Gasteiger partial charge in [0, 0.05) is 6.07 Å². The Morgan fingerprint density at radius 2 is 1.94 bits per heavy atom. The van der Waals surface area contributed by atoms with Gasteiger partial charge in [-0.2, -0.15) is 0 Å². The summed E-state index contributed by atoms with van der Waals surface area (Å²) < 4.78 is 15.4. The summed E-state index contributed by atoms with van der Waals surface area (Å²) in [6.07, 6.45) is 4.61. The van der Waals surface area contributed by atoms with E-state index in [-0.39, 0.29) is 5.76 Å². The van der Waals surface area contributed by atoms with Crippen molar-refractivity contribution in [3.8, 4) is 5.95 Å². The Labute approximate surface area is 108 Å². The predicted molar refractivity (Wildman–Crippen MR) is 68.8 cm³/mol. The first kappa shape index (κ1) is 14.6. The van der Waals surface area contributed by atoms with Gasteiger partial charge in [0.05, 0.1) is 13.7 Å². The van der Waals surface area contributed by atoms with Gasteiger partial charge in [-0.25, -0.2) is 4.79 Å². The zero-order valence-electron chi connectivity index (χ0n) is 11.4. The Morgan fingerprint density at radius 3 is 2.50 bits per heavy atom. The van der Waals surface area contributed by atoms with Crippen molar-refractivity contribution in [1.82, 2.24) is 0 Å². The SMILES string of the molecule is CCCC(CCC)COc1ccc(C(=O)OC)o1. The van der Waals surface area contributed by atoms with E-state index in [4.69, 9.17) is 9.15 Å². The van der Waals surface area contributed by atoms with Gasteiger partial charge < -0.3 is 13.9 Å². The predicted octanol–water partition coefficient (Wildman–Crippen LogP) is 3.66. The van der Waals surface area contributed by atoms with Crippen molar-refractivity contribution in [3.63, 3.8) is 0 Å². The van der Waals surface area contributed by atoms with E-state index in [1.54, 1.807) is 12.1 Å². The Hall–Kier alpha value is -1.45.